The molecule has 2 heterocycles. The van der Waals surface area contributed by atoms with E-state index in [1.165, 1.54) is 0 Å². The topological polar surface area (TPSA) is 39.9 Å². The summed E-state index contributed by atoms with van der Waals surface area (Å²) in [5.74, 6) is 1.58. The maximum absolute atomic E-state index is 5.76. The lowest BCUT2D eigenvalue weighted by atomic mass is 10.2. The van der Waals surface area contributed by atoms with Gasteiger partial charge in [-0.1, -0.05) is 20.8 Å². The Labute approximate surface area is 114 Å². The van der Waals surface area contributed by atoms with Crippen LogP contribution in [0, 0.1) is 0 Å². The summed E-state index contributed by atoms with van der Waals surface area (Å²) in [6, 6.07) is 5.98. The van der Waals surface area contributed by atoms with E-state index in [-0.39, 0.29) is 0 Å². The summed E-state index contributed by atoms with van der Waals surface area (Å²) in [4.78, 5) is 4.43. The molecule has 4 nitrogen and oxygen atoms in total. The third-order valence-electron chi connectivity index (χ3n) is 2.97. The lowest BCUT2D eigenvalue weighted by Gasteiger charge is -2.11. The molecule has 0 unspecified atom stereocenters. The second-order valence-electron chi connectivity index (χ2n) is 4.42. The summed E-state index contributed by atoms with van der Waals surface area (Å²) in [5, 5.41) is 4.61. The molecule has 0 spiro atoms. The molecule has 19 heavy (non-hydrogen) atoms. The SMILES string of the molecule is CCCOc1cccnc1-n1nc(CC)cc1CC. The van der Waals surface area contributed by atoms with E-state index in [0.717, 1.165) is 42.2 Å². The van der Waals surface area contributed by atoms with Crippen molar-refractivity contribution in [2.75, 3.05) is 6.61 Å². The molecule has 2 aromatic rings. The van der Waals surface area contributed by atoms with Crippen LogP contribution < -0.4 is 4.74 Å². The van der Waals surface area contributed by atoms with Crippen LogP contribution in [0.1, 0.15) is 38.6 Å². The van der Waals surface area contributed by atoms with Crippen molar-refractivity contribution in [3.05, 3.63) is 35.8 Å². The Kier molecular flexibility index (Phi) is 4.55. The first-order valence-corrected chi connectivity index (χ1v) is 6.96. The fourth-order valence-electron chi connectivity index (χ4n) is 1.95. The molecular weight excluding hydrogens is 238 g/mol. The second-order valence-corrected chi connectivity index (χ2v) is 4.42. The number of aromatic nitrogens is 3. The fourth-order valence-corrected chi connectivity index (χ4v) is 1.95. The maximum atomic E-state index is 5.76. The first-order chi connectivity index (χ1) is 9.30. The van der Waals surface area contributed by atoms with Gasteiger partial charge in [0.25, 0.3) is 0 Å². The summed E-state index contributed by atoms with van der Waals surface area (Å²) in [5.41, 5.74) is 2.25. The molecule has 0 amide bonds. The summed E-state index contributed by atoms with van der Waals surface area (Å²) < 4.78 is 7.67. The highest BCUT2D eigenvalue weighted by atomic mass is 16.5. The average Bonchev–Trinajstić information content (AvgIpc) is 2.88. The first-order valence-electron chi connectivity index (χ1n) is 6.96. The van der Waals surface area contributed by atoms with Gasteiger partial charge in [-0.25, -0.2) is 9.67 Å². The fraction of sp³-hybridized carbons (Fsp3) is 0.467. The minimum absolute atomic E-state index is 0.696. The highest BCUT2D eigenvalue weighted by molar-refractivity contribution is 5.41. The molecule has 0 N–H and O–H groups in total. The van der Waals surface area contributed by atoms with Crippen molar-refractivity contribution in [1.29, 1.82) is 0 Å². The van der Waals surface area contributed by atoms with Gasteiger partial charge in [0.15, 0.2) is 11.6 Å². The zero-order valence-corrected chi connectivity index (χ0v) is 11.9. The molecular formula is C15H21N3O. The summed E-state index contributed by atoms with van der Waals surface area (Å²) in [6.45, 7) is 7.03. The average molecular weight is 259 g/mol. The van der Waals surface area contributed by atoms with Gasteiger partial charge in [-0.3, -0.25) is 0 Å². The molecule has 0 atom stereocenters. The van der Waals surface area contributed by atoms with E-state index < -0.39 is 0 Å². The van der Waals surface area contributed by atoms with Gasteiger partial charge < -0.3 is 4.74 Å². The van der Waals surface area contributed by atoms with Gasteiger partial charge in [0.05, 0.1) is 12.3 Å². The van der Waals surface area contributed by atoms with Crippen LogP contribution in [0.15, 0.2) is 24.4 Å². The number of aryl methyl sites for hydroxylation is 2. The zero-order valence-electron chi connectivity index (χ0n) is 11.9. The number of hydrogen-bond acceptors (Lipinski definition) is 3. The van der Waals surface area contributed by atoms with Gasteiger partial charge in [-0.15, -0.1) is 0 Å². The molecule has 0 aliphatic heterocycles. The monoisotopic (exact) mass is 259 g/mol. The number of rotatable bonds is 6. The van der Waals surface area contributed by atoms with Crippen LogP contribution in [0.2, 0.25) is 0 Å². The highest BCUT2D eigenvalue weighted by Crippen LogP contribution is 2.22. The van der Waals surface area contributed by atoms with Gasteiger partial charge in [-0.2, -0.15) is 5.10 Å². The van der Waals surface area contributed by atoms with Gasteiger partial charge in [0.1, 0.15) is 0 Å². The van der Waals surface area contributed by atoms with E-state index in [1.807, 2.05) is 16.8 Å². The van der Waals surface area contributed by atoms with Gasteiger partial charge in [-0.05, 0) is 37.5 Å². The molecule has 0 aliphatic rings. The predicted octanol–water partition coefficient (Wildman–Crippen LogP) is 3.18. The van der Waals surface area contributed by atoms with Crippen LogP contribution in [0.3, 0.4) is 0 Å². The minimum Gasteiger partial charge on any atom is -0.490 e. The lowest BCUT2D eigenvalue weighted by Crippen LogP contribution is -2.07. The molecule has 0 saturated carbocycles. The molecule has 2 aromatic heterocycles. The van der Waals surface area contributed by atoms with E-state index in [9.17, 15) is 0 Å². The zero-order chi connectivity index (χ0) is 13.7. The Morgan fingerprint density at radius 1 is 1.21 bits per heavy atom. The Hall–Kier alpha value is -1.84. The molecule has 102 valence electrons. The van der Waals surface area contributed by atoms with Crippen molar-refractivity contribution in [2.24, 2.45) is 0 Å². The molecule has 0 aliphatic carbocycles. The van der Waals surface area contributed by atoms with E-state index in [4.69, 9.17) is 4.74 Å². The maximum Gasteiger partial charge on any atom is 0.196 e. The van der Waals surface area contributed by atoms with E-state index >= 15 is 0 Å². The third kappa shape index (κ3) is 2.95. The minimum atomic E-state index is 0.696. The van der Waals surface area contributed by atoms with Gasteiger partial charge in [0, 0.05) is 11.9 Å². The number of hydrogen-bond donors (Lipinski definition) is 0. The normalized spacial score (nSPS) is 10.7. The van der Waals surface area contributed by atoms with Gasteiger partial charge in [0.2, 0.25) is 0 Å². The smallest absolute Gasteiger partial charge is 0.196 e. The van der Waals surface area contributed by atoms with Crippen molar-refractivity contribution < 1.29 is 4.74 Å². The van der Waals surface area contributed by atoms with Gasteiger partial charge >= 0.3 is 0 Å². The largest absolute Gasteiger partial charge is 0.490 e. The lowest BCUT2D eigenvalue weighted by molar-refractivity contribution is 0.314. The van der Waals surface area contributed by atoms with E-state index in [1.54, 1.807) is 6.20 Å². The van der Waals surface area contributed by atoms with Crippen LogP contribution in [0.5, 0.6) is 5.75 Å². The molecule has 0 bridgehead atoms. The molecule has 0 fully saturated rings. The van der Waals surface area contributed by atoms with E-state index in [0.29, 0.717) is 6.61 Å². The molecule has 0 saturated heterocycles. The van der Waals surface area contributed by atoms with Crippen LogP contribution >= 0.6 is 0 Å². The Morgan fingerprint density at radius 2 is 2.05 bits per heavy atom. The summed E-state index contributed by atoms with van der Waals surface area (Å²) >= 11 is 0. The Morgan fingerprint density at radius 3 is 2.74 bits per heavy atom. The predicted molar refractivity (Wildman–Crippen MR) is 75.9 cm³/mol. The van der Waals surface area contributed by atoms with Crippen molar-refractivity contribution in [1.82, 2.24) is 14.8 Å². The van der Waals surface area contributed by atoms with Crippen LogP contribution in [-0.4, -0.2) is 21.4 Å². The van der Waals surface area contributed by atoms with Crippen LogP contribution in [-0.2, 0) is 12.8 Å². The summed E-state index contributed by atoms with van der Waals surface area (Å²) in [6.07, 6.45) is 4.62. The quantitative estimate of drug-likeness (QED) is 0.800. The number of nitrogens with zero attached hydrogens (tertiary/aromatic N) is 3. The highest BCUT2D eigenvalue weighted by Gasteiger charge is 2.13. The Balaban J connectivity index is 2.42. The first kappa shape index (κ1) is 13.6. The van der Waals surface area contributed by atoms with Crippen molar-refractivity contribution in [3.63, 3.8) is 0 Å². The molecule has 0 radical (unpaired) electrons. The molecule has 0 aromatic carbocycles. The van der Waals surface area contributed by atoms with Crippen molar-refractivity contribution in [3.8, 4) is 11.6 Å². The van der Waals surface area contributed by atoms with E-state index in [2.05, 4.69) is 36.9 Å². The number of ether oxygens (including phenoxy) is 1. The third-order valence-corrected chi connectivity index (χ3v) is 2.97. The molecule has 4 heteroatoms. The molecule has 2 rings (SSSR count). The van der Waals surface area contributed by atoms with Crippen molar-refractivity contribution >= 4 is 0 Å². The Bertz CT molecular complexity index is 534. The number of pyridine rings is 1. The van der Waals surface area contributed by atoms with Crippen LogP contribution in [0.25, 0.3) is 5.82 Å². The van der Waals surface area contributed by atoms with Crippen molar-refractivity contribution in [2.45, 2.75) is 40.0 Å². The summed E-state index contributed by atoms with van der Waals surface area (Å²) in [7, 11) is 0. The second kappa shape index (κ2) is 6.36. The van der Waals surface area contributed by atoms with Crippen LogP contribution in [0.4, 0.5) is 0 Å². The standard InChI is InChI=1S/C15H21N3O/c1-4-10-19-14-8-7-9-16-15(14)18-13(6-3)11-12(5-2)17-18/h7-9,11H,4-6,10H2,1-3H3.